The third kappa shape index (κ3) is 2.50. The van der Waals surface area contributed by atoms with Crippen LogP contribution in [0.5, 0.6) is 0 Å². The molecule has 0 aliphatic heterocycles. The lowest BCUT2D eigenvalue weighted by atomic mass is 10.0. The predicted molar refractivity (Wildman–Crippen MR) is 88.7 cm³/mol. The van der Waals surface area contributed by atoms with Crippen molar-refractivity contribution < 1.29 is 0 Å². The van der Waals surface area contributed by atoms with Gasteiger partial charge < -0.3 is 0 Å². The van der Waals surface area contributed by atoms with Crippen LogP contribution < -0.4 is 0 Å². The molecular formula is C16H15BrN2S. The van der Waals surface area contributed by atoms with Gasteiger partial charge in [0.2, 0.25) is 0 Å². The van der Waals surface area contributed by atoms with Crippen LogP contribution in [0.4, 0.5) is 0 Å². The van der Waals surface area contributed by atoms with E-state index < -0.39 is 0 Å². The van der Waals surface area contributed by atoms with Gasteiger partial charge in [0, 0.05) is 21.5 Å². The Morgan fingerprint density at radius 2 is 1.90 bits per heavy atom. The van der Waals surface area contributed by atoms with Gasteiger partial charge in [0.25, 0.3) is 0 Å². The summed E-state index contributed by atoms with van der Waals surface area (Å²) in [6, 6.07) is 10.5. The Morgan fingerprint density at radius 3 is 2.65 bits per heavy atom. The molecule has 0 radical (unpaired) electrons. The molecule has 2 nitrogen and oxygen atoms in total. The van der Waals surface area contributed by atoms with Crippen LogP contribution in [-0.2, 0) is 6.42 Å². The summed E-state index contributed by atoms with van der Waals surface area (Å²) < 4.78 is 0. The summed E-state index contributed by atoms with van der Waals surface area (Å²) in [5.41, 5.74) is 3.72. The van der Waals surface area contributed by atoms with Crippen LogP contribution in [0.1, 0.15) is 26.5 Å². The van der Waals surface area contributed by atoms with Crippen molar-refractivity contribution in [2.24, 2.45) is 0 Å². The van der Waals surface area contributed by atoms with Crippen molar-refractivity contribution in [3.8, 4) is 0 Å². The fraction of sp³-hybridized carbons (Fsp3) is 0.250. The van der Waals surface area contributed by atoms with Gasteiger partial charge in [0.15, 0.2) is 0 Å². The van der Waals surface area contributed by atoms with Crippen molar-refractivity contribution in [1.29, 1.82) is 0 Å². The number of aromatic nitrogens is 2. The number of benzene rings is 1. The van der Waals surface area contributed by atoms with E-state index in [2.05, 4.69) is 64.0 Å². The molecule has 3 aromatic rings. The van der Waals surface area contributed by atoms with Crippen LogP contribution in [0.25, 0.3) is 10.2 Å². The van der Waals surface area contributed by atoms with E-state index in [-0.39, 0.29) is 4.83 Å². The van der Waals surface area contributed by atoms with Crippen molar-refractivity contribution in [2.45, 2.75) is 25.1 Å². The largest absolute Gasteiger partial charge is 0.241 e. The summed E-state index contributed by atoms with van der Waals surface area (Å²) in [4.78, 5) is 11.6. The lowest BCUT2D eigenvalue weighted by molar-refractivity contribution is 0.908. The highest BCUT2D eigenvalue weighted by Gasteiger charge is 2.15. The van der Waals surface area contributed by atoms with Crippen LogP contribution in [-0.4, -0.2) is 9.97 Å². The monoisotopic (exact) mass is 346 g/mol. The molecule has 0 saturated carbocycles. The number of hydrogen-bond acceptors (Lipinski definition) is 3. The first-order valence-electron chi connectivity index (χ1n) is 6.55. The van der Waals surface area contributed by atoms with Crippen LogP contribution in [0.15, 0.2) is 36.7 Å². The van der Waals surface area contributed by atoms with Crippen molar-refractivity contribution in [3.05, 3.63) is 58.4 Å². The van der Waals surface area contributed by atoms with Gasteiger partial charge in [-0.1, -0.05) is 46.3 Å². The number of alkyl halides is 1. The van der Waals surface area contributed by atoms with E-state index in [1.807, 2.05) is 6.07 Å². The molecule has 0 N–H and O–H groups in total. The molecule has 0 spiro atoms. The fourth-order valence-electron chi connectivity index (χ4n) is 2.36. The van der Waals surface area contributed by atoms with E-state index >= 15 is 0 Å². The van der Waals surface area contributed by atoms with Gasteiger partial charge in [-0.25, -0.2) is 9.97 Å². The van der Waals surface area contributed by atoms with Gasteiger partial charge in [-0.05, 0) is 25.0 Å². The average molecular weight is 347 g/mol. The zero-order valence-electron chi connectivity index (χ0n) is 11.4. The molecule has 0 saturated heterocycles. The third-order valence-corrected chi connectivity index (χ3v) is 5.55. The second-order valence-electron chi connectivity index (χ2n) is 4.87. The Hall–Kier alpha value is -1.26. The Kier molecular flexibility index (Phi) is 3.85. The van der Waals surface area contributed by atoms with Gasteiger partial charge in [0.05, 0.1) is 5.69 Å². The molecular weight excluding hydrogens is 332 g/mol. The van der Waals surface area contributed by atoms with Gasteiger partial charge >= 0.3 is 0 Å². The van der Waals surface area contributed by atoms with E-state index in [0.717, 1.165) is 16.9 Å². The van der Waals surface area contributed by atoms with Crippen molar-refractivity contribution in [2.75, 3.05) is 0 Å². The van der Waals surface area contributed by atoms with E-state index in [1.54, 1.807) is 17.7 Å². The maximum absolute atomic E-state index is 4.51. The van der Waals surface area contributed by atoms with E-state index in [0.29, 0.717) is 0 Å². The number of rotatable bonds is 3. The Bertz CT molecular complexity index is 737. The average Bonchev–Trinajstić information content (AvgIpc) is 2.76. The Morgan fingerprint density at radius 1 is 1.15 bits per heavy atom. The minimum atomic E-state index is 0.279. The summed E-state index contributed by atoms with van der Waals surface area (Å²) in [6.45, 7) is 4.31. The first-order valence-corrected chi connectivity index (χ1v) is 8.28. The van der Waals surface area contributed by atoms with E-state index in [9.17, 15) is 0 Å². The van der Waals surface area contributed by atoms with Crippen LogP contribution in [0.2, 0.25) is 0 Å². The minimum absolute atomic E-state index is 0.279. The Labute approximate surface area is 131 Å². The summed E-state index contributed by atoms with van der Waals surface area (Å²) >= 11 is 5.53. The SMILES string of the molecule is Cc1sc2ncnc(CC(Br)c3ccccc3)c2c1C. The predicted octanol–water partition coefficient (Wildman–Crippen LogP) is 4.99. The zero-order chi connectivity index (χ0) is 14.1. The Balaban J connectivity index is 1.99. The third-order valence-electron chi connectivity index (χ3n) is 3.58. The van der Waals surface area contributed by atoms with Crippen LogP contribution >= 0.6 is 27.3 Å². The van der Waals surface area contributed by atoms with Gasteiger partial charge in [-0.2, -0.15) is 0 Å². The first kappa shape index (κ1) is 13.7. The molecule has 102 valence electrons. The molecule has 0 bridgehead atoms. The molecule has 0 amide bonds. The second kappa shape index (κ2) is 5.62. The molecule has 2 heterocycles. The lowest BCUT2D eigenvalue weighted by Crippen LogP contribution is -1.99. The number of thiophene rings is 1. The highest BCUT2D eigenvalue weighted by atomic mass is 79.9. The molecule has 0 aliphatic rings. The lowest BCUT2D eigenvalue weighted by Gasteiger charge is -2.10. The number of aryl methyl sites for hydroxylation is 2. The van der Waals surface area contributed by atoms with Gasteiger partial charge in [0.1, 0.15) is 11.2 Å². The molecule has 0 aliphatic carbocycles. The van der Waals surface area contributed by atoms with Gasteiger partial charge in [-0.3, -0.25) is 0 Å². The number of halogens is 1. The minimum Gasteiger partial charge on any atom is -0.241 e. The van der Waals surface area contributed by atoms with Crippen molar-refractivity contribution in [3.63, 3.8) is 0 Å². The highest BCUT2D eigenvalue weighted by molar-refractivity contribution is 9.09. The number of nitrogens with zero attached hydrogens (tertiary/aromatic N) is 2. The molecule has 1 unspecified atom stereocenters. The highest BCUT2D eigenvalue weighted by Crippen LogP contribution is 2.34. The first-order chi connectivity index (χ1) is 9.66. The smallest absolute Gasteiger partial charge is 0.127 e. The second-order valence-corrected chi connectivity index (χ2v) is 7.17. The maximum atomic E-state index is 4.51. The molecule has 4 heteroatoms. The van der Waals surface area contributed by atoms with E-state index in [4.69, 9.17) is 0 Å². The molecule has 3 rings (SSSR count). The normalized spacial score (nSPS) is 12.8. The number of hydrogen-bond donors (Lipinski definition) is 0. The fourth-order valence-corrected chi connectivity index (χ4v) is 3.99. The molecule has 20 heavy (non-hydrogen) atoms. The summed E-state index contributed by atoms with van der Waals surface area (Å²) in [5, 5.41) is 1.23. The molecule has 0 fully saturated rings. The summed E-state index contributed by atoms with van der Waals surface area (Å²) in [7, 11) is 0. The molecule has 2 aromatic heterocycles. The van der Waals surface area contributed by atoms with Crippen LogP contribution in [0, 0.1) is 13.8 Å². The van der Waals surface area contributed by atoms with Crippen LogP contribution in [0.3, 0.4) is 0 Å². The van der Waals surface area contributed by atoms with E-state index in [1.165, 1.54) is 21.4 Å². The molecule has 1 aromatic carbocycles. The number of fused-ring (bicyclic) bond motifs is 1. The topological polar surface area (TPSA) is 25.8 Å². The van der Waals surface area contributed by atoms with Crippen molar-refractivity contribution in [1.82, 2.24) is 9.97 Å². The summed E-state index contributed by atoms with van der Waals surface area (Å²) in [5.74, 6) is 0. The van der Waals surface area contributed by atoms with Gasteiger partial charge in [-0.15, -0.1) is 11.3 Å². The molecule has 1 atom stereocenters. The maximum Gasteiger partial charge on any atom is 0.127 e. The summed E-state index contributed by atoms with van der Waals surface area (Å²) in [6.07, 6.45) is 2.55. The van der Waals surface area contributed by atoms with Crippen molar-refractivity contribution >= 4 is 37.5 Å². The quantitative estimate of drug-likeness (QED) is 0.624. The standard InChI is InChI=1S/C16H15BrN2S/c1-10-11(2)20-16-15(10)14(18-9-19-16)8-13(17)12-6-4-3-5-7-12/h3-7,9,13H,8H2,1-2H3. The zero-order valence-corrected chi connectivity index (χ0v) is 13.8.